The van der Waals surface area contributed by atoms with Gasteiger partial charge >= 0.3 is 12.1 Å². The highest BCUT2D eigenvalue weighted by atomic mass is 16.6. The van der Waals surface area contributed by atoms with E-state index in [-0.39, 0.29) is 12.0 Å². The van der Waals surface area contributed by atoms with Crippen LogP contribution < -0.4 is 15.4 Å². The van der Waals surface area contributed by atoms with E-state index in [1.165, 1.54) is 0 Å². The first-order chi connectivity index (χ1) is 12.7. The number of hydrogen-bond acceptors (Lipinski definition) is 5. The Morgan fingerprint density at radius 3 is 2.04 bits per heavy atom. The largest absolute Gasteiger partial charge is 0.488 e. The van der Waals surface area contributed by atoms with Gasteiger partial charge in [-0.1, -0.05) is 12.1 Å². The second-order valence-electron chi connectivity index (χ2n) is 8.37. The molecule has 0 fully saturated rings. The minimum Gasteiger partial charge on any atom is -0.488 e. The SMILES string of the molecule is CC(C)(C)OC(=O)N[C@@H](Cc1ccc(OC(C)(C)C)cc1)C(=O)NCC(=O)O. The molecule has 28 heavy (non-hydrogen) atoms. The zero-order valence-corrected chi connectivity index (χ0v) is 17.3. The van der Waals surface area contributed by atoms with Crippen LogP contribution in [0, 0.1) is 0 Å². The number of benzene rings is 1. The molecule has 0 heterocycles. The van der Waals surface area contributed by atoms with Crippen molar-refractivity contribution in [1.82, 2.24) is 10.6 Å². The average Bonchev–Trinajstić information content (AvgIpc) is 2.50. The third kappa shape index (κ3) is 9.80. The number of alkyl carbamates (subject to hydrolysis) is 1. The maximum atomic E-state index is 12.3. The fraction of sp³-hybridized carbons (Fsp3) is 0.550. The van der Waals surface area contributed by atoms with Crippen LogP contribution in [0.15, 0.2) is 24.3 Å². The van der Waals surface area contributed by atoms with Crippen LogP contribution >= 0.6 is 0 Å². The van der Waals surface area contributed by atoms with E-state index in [1.54, 1.807) is 45.0 Å². The zero-order valence-electron chi connectivity index (χ0n) is 17.3. The molecule has 1 aromatic rings. The van der Waals surface area contributed by atoms with Crippen molar-refractivity contribution in [3.8, 4) is 5.75 Å². The van der Waals surface area contributed by atoms with E-state index in [0.717, 1.165) is 5.56 Å². The summed E-state index contributed by atoms with van der Waals surface area (Å²) < 4.78 is 10.9. The molecule has 3 N–H and O–H groups in total. The van der Waals surface area contributed by atoms with Gasteiger partial charge in [0.1, 0.15) is 29.5 Å². The molecule has 0 saturated carbocycles. The number of amides is 2. The zero-order chi connectivity index (χ0) is 21.5. The van der Waals surface area contributed by atoms with E-state index in [2.05, 4.69) is 10.6 Å². The highest BCUT2D eigenvalue weighted by Crippen LogP contribution is 2.19. The van der Waals surface area contributed by atoms with Crippen LogP contribution in [0.3, 0.4) is 0 Å². The summed E-state index contributed by atoms with van der Waals surface area (Å²) in [5.41, 5.74) is -0.287. The van der Waals surface area contributed by atoms with Crippen molar-refractivity contribution in [2.45, 2.75) is 65.2 Å². The molecular weight excluding hydrogens is 364 g/mol. The summed E-state index contributed by atoms with van der Waals surface area (Å²) in [6, 6.07) is 6.15. The van der Waals surface area contributed by atoms with Crippen molar-refractivity contribution >= 4 is 18.0 Å². The summed E-state index contributed by atoms with van der Waals surface area (Å²) in [6.45, 7) is 10.4. The third-order valence-corrected chi connectivity index (χ3v) is 3.21. The molecule has 0 aliphatic rings. The Hall–Kier alpha value is -2.77. The molecule has 1 rings (SSSR count). The van der Waals surface area contributed by atoms with Crippen LogP contribution in [0.5, 0.6) is 5.75 Å². The lowest BCUT2D eigenvalue weighted by atomic mass is 10.0. The molecule has 0 spiro atoms. The number of hydrogen-bond donors (Lipinski definition) is 3. The standard InChI is InChI=1S/C20H30N2O6/c1-19(2,3)27-14-9-7-13(8-10-14)11-15(17(25)21-12-16(23)24)22-18(26)28-20(4,5)6/h7-10,15H,11-12H2,1-6H3,(H,21,25)(H,22,26)(H,23,24)/t15-/m0/s1. The van der Waals surface area contributed by atoms with Crippen LogP contribution in [0.25, 0.3) is 0 Å². The fourth-order valence-corrected chi connectivity index (χ4v) is 2.23. The lowest BCUT2D eigenvalue weighted by Crippen LogP contribution is -2.50. The molecule has 0 unspecified atom stereocenters. The third-order valence-electron chi connectivity index (χ3n) is 3.21. The van der Waals surface area contributed by atoms with Gasteiger partial charge in [-0.05, 0) is 59.2 Å². The summed E-state index contributed by atoms with van der Waals surface area (Å²) in [5.74, 6) is -1.10. The Bertz CT molecular complexity index is 686. The highest BCUT2D eigenvalue weighted by molar-refractivity contribution is 5.88. The first-order valence-corrected chi connectivity index (χ1v) is 9.02. The lowest BCUT2D eigenvalue weighted by molar-refractivity contribution is -0.138. The summed E-state index contributed by atoms with van der Waals surface area (Å²) >= 11 is 0. The van der Waals surface area contributed by atoms with Crippen LogP contribution in [0.4, 0.5) is 4.79 Å². The number of ether oxygens (including phenoxy) is 2. The maximum Gasteiger partial charge on any atom is 0.408 e. The van der Waals surface area contributed by atoms with E-state index in [4.69, 9.17) is 14.6 Å². The van der Waals surface area contributed by atoms with Crippen LogP contribution in [0.1, 0.15) is 47.1 Å². The van der Waals surface area contributed by atoms with E-state index < -0.39 is 36.2 Å². The van der Waals surface area contributed by atoms with Gasteiger partial charge in [0.25, 0.3) is 0 Å². The van der Waals surface area contributed by atoms with Crippen molar-refractivity contribution in [1.29, 1.82) is 0 Å². The molecule has 156 valence electrons. The second kappa shape index (κ2) is 9.43. The van der Waals surface area contributed by atoms with Gasteiger partial charge in [-0.2, -0.15) is 0 Å². The molecule has 2 amide bonds. The first-order valence-electron chi connectivity index (χ1n) is 9.02. The van der Waals surface area contributed by atoms with Crippen molar-refractivity contribution in [3.63, 3.8) is 0 Å². The minimum absolute atomic E-state index is 0.167. The fourth-order valence-electron chi connectivity index (χ4n) is 2.23. The topological polar surface area (TPSA) is 114 Å². The van der Waals surface area contributed by atoms with E-state index in [1.807, 2.05) is 20.8 Å². The van der Waals surface area contributed by atoms with Crippen LogP contribution in [-0.2, 0) is 20.7 Å². The molecule has 0 radical (unpaired) electrons. The molecule has 8 nitrogen and oxygen atoms in total. The van der Waals surface area contributed by atoms with Gasteiger partial charge in [0.15, 0.2) is 0 Å². The molecule has 0 bridgehead atoms. The molecule has 8 heteroatoms. The number of carboxylic acids is 1. The number of carbonyl (C=O) groups excluding carboxylic acids is 2. The lowest BCUT2D eigenvalue weighted by Gasteiger charge is -2.24. The van der Waals surface area contributed by atoms with Gasteiger partial charge in [-0.25, -0.2) is 4.79 Å². The number of carbonyl (C=O) groups is 3. The molecule has 1 aromatic carbocycles. The number of nitrogens with one attached hydrogen (secondary N) is 2. The van der Waals surface area contributed by atoms with Crippen molar-refractivity contribution in [3.05, 3.63) is 29.8 Å². The molecule has 0 aliphatic carbocycles. The van der Waals surface area contributed by atoms with Crippen LogP contribution in [-0.4, -0.2) is 46.9 Å². The smallest absolute Gasteiger partial charge is 0.408 e. The maximum absolute atomic E-state index is 12.3. The number of carboxylic acid groups (broad SMARTS) is 1. The predicted octanol–water partition coefficient (Wildman–Crippen LogP) is 2.50. The molecule has 1 atom stereocenters. The van der Waals surface area contributed by atoms with Crippen molar-refractivity contribution in [2.75, 3.05) is 6.54 Å². The summed E-state index contributed by atoms with van der Waals surface area (Å²) in [7, 11) is 0. The monoisotopic (exact) mass is 394 g/mol. The van der Waals surface area contributed by atoms with E-state index >= 15 is 0 Å². The summed E-state index contributed by atoms with van der Waals surface area (Å²) in [4.78, 5) is 35.1. The Balaban J connectivity index is 2.87. The summed E-state index contributed by atoms with van der Waals surface area (Å²) in [6.07, 6.45) is -0.587. The average molecular weight is 394 g/mol. The van der Waals surface area contributed by atoms with Gasteiger partial charge in [-0.3, -0.25) is 9.59 Å². The molecular formula is C20H30N2O6. The molecule has 0 aliphatic heterocycles. The Kier molecular flexibility index (Phi) is 7.84. The predicted molar refractivity (Wildman–Crippen MR) is 104 cm³/mol. The Morgan fingerprint density at radius 2 is 1.57 bits per heavy atom. The van der Waals surface area contributed by atoms with Gasteiger partial charge in [0.2, 0.25) is 5.91 Å². The van der Waals surface area contributed by atoms with E-state index in [9.17, 15) is 14.4 Å². The van der Waals surface area contributed by atoms with E-state index in [0.29, 0.717) is 5.75 Å². The number of aliphatic carboxylic acids is 1. The quantitative estimate of drug-likeness (QED) is 0.655. The van der Waals surface area contributed by atoms with Gasteiger partial charge in [0, 0.05) is 6.42 Å². The Morgan fingerprint density at radius 1 is 1.00 bits per heavy atom. The molecule has 0 saturated heterocycles. The Labute approximate surface area is 165 Å². The van der Waals surface area contributed by atoms with Gasteiger partial charge < -0.3 is 25.2 Å². The van der Waals surface area contributed by atoms with Gasteiger partial charge in [0.05, 0.1) is 0 Å². The number of rotatable bonds is 7. The van der Waals surface area contributed by atoms with Crippen molar-refractivity contribution < 1.29 is 29.0 Å². The summed E-state index contributed by atoms with van der Waals surface area (Å²) in [5, 5.41) is 13.5. The molecule has 0 aromatic heterocycles. The highest BCUT2D eigenvalue weighted by Gasteiger charge is 2.25. The minimum atomic E-state index is -1.17. The second-order valence-corrected chi connectivity index (χ2v) is 8.37. The normalized spacial score (nSPS) is 12.6. The van der Waals surface area contributed by atoms with Crippen LogP contribution in [0.2, 0.25) is 0 Å². The van der Waals surface area contributed by atoms with Gasteiger partial charge in [-0.15, -0.1) is 0 Å². The first kappa shape index (κ1) is 23.3. The van der Waals surface area contributed by atoms with Crippen molar-refractivity contribution in [2.24, 2.45) is 0 Å².